The molecule has 2 heterocycles. The lowest BCUT2D eigenvalue weighted by Crippen LogP contribution is -2.36. The summed E-state index contributed by atoms with van der Waals surface area (Å²) in [6.45, 7) is 2.77. The van der Waals surface area contributed by atoms with E-state index in [1.165, 1.54) is 17.8 Å². The monoisotopic (exact) mass is 502 g/mol. The number of hydrogen-bond acceptors (Lipinski definition) is 6. The Kier molecular flexibility index (Phi) is 7.73. The van der Waals surface area contributed by atoms with Gasteiger partial charge in [-0.15, -0.1) is 0 Å². The van der Waals surface area contributed by atoms with E-state index in [1.54, 1.807) is 13.2 Å². The number of anilines is 2. The van der Waals surface area contributed by atoms with Crippen LogP contribution in [0, 0.1) is 23.1 Å². The molecule has 1 aliphatic heterocycles. The second kappa shape index (κ2) is 11.3. The maximum atomic E-state index is 14.4. The van der Waals surface area contributed by atoms with Crippen LogP contribution < -0.4 is 16.0 Å². The highest BCUT2D eigenvalue weighted by Crippen LogP contribution is 2.29. The van der Waals surface area contributed by atoms with E-state index in [0.717, 1.165) is 69.7 Å². The van der Waals surface area contributed by atoms with Gasteiger partial charge < -0.3 is 20.7 Å². The number of ether oxygens (including phenoxy) is 1. The molecule has 37 heavy (non-hydrogen) atoms. The van der Waals surface area contributed by atoms with Crippen molar-refractivity contribution in [3.8, 4) is 23.0 Å². The summed E-state index contributed by atoms with van der Waals surface area (Å²) in [7, 11) is 1.79. The number of hydrogen-bond donors (Lipinski definition) is 2. The predicted molar refractivity (Wildman–Crippen MR) is 144 cm³/mol. The molecule has 1 saturated heterocycles. The molecule has 0 bridgehead atoms. The normalized spacial score (nSPS) is 20.5. The summed E-state index contributed by atoms with van der Waals surface area (Å²) < 4.78 is 21.8. The maximum Gasteiger partial charge on any atom is 0.141 e. The first-order chi connectivity index (χ1) is 18.0. The fourth-order valence-electron chi connectivity index (χ4n) is 5.53. The van der Waals surface area contributed by atoms with Gasteiger partial charge in [-0.1, -0.05) is 12.5 Å². The molecule has 2 fully saturated rings. The molecule has 7 nitrogen and oxygen atoms in total. The van der Waals surface area contributed by atoms with Crippen LogP contribution in [0.1, 0.15) is 44.1 Å². The lowest BCUT2D eigenvalue weighted by molar-refractivity contribution is 0.0819. The van der Waals surface area contributed by atoms with Crippen LogP contribution in [-0.4, -0.2) is 48.7 Å². The van der Waals surface area contributed by atoms with Crippen LogP contribution in [0.15, 0.2) is 48.5 Å². The van der Waals surface area contributed by atoms with Gasteiger partial charge >= 0.3 is 0 Å². The number of nitriles is 1. The smallest absolute Gasteiger partial charge is 0.141 e. The van der Waals surface area contributed by atoms with Crippen molar-refractivity contribution >= 4 is 11.5 Å². The van der Waals surface area contributed by atoms with Gasteiger partial charge in [-0.05, 0) is 74.4 Å². The summed E-state index contributed by atoms with van der Waals surface area (Å²) in [6, 6.07) is 17.1. The zero-order chi connectivity index (χ0) is 25.8. The molecule has 194 valence electrons. The fraction of sp³-hybridized carbons (Fsp3) is 0.448. The van der Waals surface area contributed by atoms with Crippen molar-refractivity contribution in [3.05, 3.63) is 59.9 Å². The Hall–Kier alpha value is -3.41. The van der Waals surface area contributed by atoms with Gasteiger partial charge in [0.2, 0.25) is 0 Å². The Balaban J connectivity index is 1.40. The number of nitrogens with zero attached hydrogens (tertiary/aromatic N) is 4. The highest BCUT2D eigenvalue weighted by molar-refractivity contribution is 5.66. The zero-order valence-electron chi connectivity index (χ0n) is 21.4. The Morgan fingerprint density at radius 1 is 1.08 bits per heavy atom. The number of nitrogens with two attached hydrogens (primary N) is 1. The van der Waals surface area contributed by atoms with Gasteiger partial charge in [-0.3, -0.25) is 0 Å². The standard InChI is InChI=1S/C29H35FN6O/c1-37-26-11-13-35(14-12-26)24-7-9-25(10-8-24)36-29(33-19-20-3-2-4-23(32)15-20)17-28(34-36)21-5-6-22(18-31)27(30)16-21/h5-10,16-17,20,23,26,33H,2-4,11-15,19,32H2,1H3/t20-,23-/m0/s1. The molecule has 3 N–H and O–H groups in total. The molecular formula is C29H35FN6O. The second-order valence-corrected chi connectivity index (χ2v) is 10.2. The van der Waals surface area contributed by atoms with Crippen LogP contribution in [-0.2, 0) is 4.74 Å². The average molecular weight is 503 g/mol. The first kappa shape index (κ1) is 25.2. The minimum absolute atomic E-state index is 0.0280. The predicted octanol–water partition coefficient (Wildman–Crippen LogP) is 5.09. The van der Waals surface area contributed by atoms with Crippen LogP contribution in [0.4, 0.5) is 15.9 Å². The second-order valence-electron chi connectivity index (χ2n) is 10.2. The van der Waals surface area contributed by atoms with Gasteiger partial charge in [0.25, 0.3) is 0 Å². The molecule has 0 spiro atoms. The Labute approximate surface area is 218 Å². The van der Waals surface area contributed by atoms with Crippen molar-refractivity contribution in [1.29, 1.82) is 5.26 Å². The lowest BCUT2D eigenvalue weighted by atomic mass is 9.86. The molecule has 2 atom stereocenters. The summed E-state index contributed by atoms with van der Waals surface area (Å²) >= 11 is 0. The van der Waals surface area contributed by atoms with Gasteiger partial charge in [-0.25, -0.2) is 9.07 Å². The SMILES string of the molecule is COC1CCN(c2ccc(-n3nc(-c4ccc(C#N)c(F)c4)cc3NC[C@H]3CCC[C@H](N)C3)cc2)CC1. The molecule has 8 heteroatoms. The third-order valence-corrected chi connectivity index (χ3v) is 7.72. The molecule has 0 unspecified atom stereocenters. The van der Waals surface area contributed by atoms with Crippen LogP contribution in [0.5, 0.6) is 0 Å². The van der Waals surface area contributed by atoms with E-state index in [-0.39, 0.29) is 11.6 Å². The minimum Gasteiger partial charge on any atom is -0.381 e. The van der Waals surface area contributed by atoms with Gasteiger partial charge in [-0.2, -0.15) is 10.4 Å². The van der Waals surface area contributed by atoms with E-state index >= 15 is 0 Å². The molecule has 2 aliphatic rings. The summed E-state index contributed by atoms with van der Waals surface area (Å²) in [4.78, 5) is 2.39. The van der Waals surface area contributed by atoms with E-state index in [4.69, 9.17) is 20.8 Å². The molecule has 2 aromatic carbocycles. The van der Waals surface area contributed by atoms with E-state index in [9.17, 15) is 4.39 Å². The molecule has 5 rings (SSSR count). The summed E-state index contributed by atoms with van der Waals surface area (Å²) in [6.07, 6.45) is 6.84. The van der Waals surface area contributed by atoms with Crippen molar-refractivity contribution in [1.82, 2.24) is 9.78 Å². The van der Waals surface area contributed by atoms with Crippen LogP contribution in [0.25, 0.3) is 16.9 Å². The third kappa shape index (κ3) is 5.79. The van der Waals surface area contributed by atoms with Crippen LogP contribution >= 0.6 is 0 Å². The van der Waals surface area contributed by atoms with Crippen LogP contribution in [0.2, 0.25) is 0 Å². The maximum absolute atomic E-state index is 14.4. The van der Waals surface area contributed by atoms with Crippen molar-refractivity contribution < 1.29 is 9.13 Å². The van der Waals surface area contributed by atoms with Crippen molar-refractivity contribution in [3.63, 3.8) is 0 Å². The molecule has 0 radical (unpaired) electrons. The Morgan fingerprint density at radius 2 is 1.84 bits per heavy atom. The molecule has 1 aromatic heterocycles. The molecule has 3 aromatic rings. The first-order valence-corrected chi connectivity index (χ1v) is 13.2. The summed E-state index contributed by atoms with van der Waals surface area (Å²) in [5.41, 5.74) is 9.64. The average Bonchev–Trinajstić information content (AvgIpc) is 3.36. The molecule has 1 saturated carbocycles. The van der Waals surface area contributed by atoms with E-state index in [0.29, 0.717) is 23.3 Å². The van der Waals surface area contributed by atoms with Gasteiger partial charge in [0.05, 0.1) is 23.0 Å². The van der Waals surface area contributed by atoms with Crippen molar-refractivity contribution in [2.45, 2.75) is 50.7 Å². The third-order valence-electron chi connectivity index (χ3n) is 7.72. The number of piperidine rings is 1. The lowest BCUT2D eigenvalue weighted by Gasteiger charge is -2.33. The Morgan fingerprint density at radius 3 is 2.51 bits per heavy atom. The highest BCUT2D eigenvalue weighted by Gasteiger charge is 2.21. The first-order valence-electron chi connectivity index (χ1n) is 13.2. The molecule has 0 amide bonds. The summed E-state index contributed by atoms with van der Waals surface area (Å²) in [5, 5.41) is 17.5. The van der Waals surface area contributed by atoms with E-state index in [2.05, 4.69) is 34.5 Å². The number of nitrogens with one attached hydrogen (secondary N) is 1. The molecular weight excluding hydrogens is 467 g/mol. The van der Waals surface area contributed by atoms with E-state index in [1.807, 2.05) is 16.8 Å². The van der Waals surface area contributed by atoms with Crippen molar-refractivity contribution in [2.75, 3.05) is 37.0 Å². The Bertz CT molecular complexity index is 1240. The zero-order valence-corrected chi connectivity index (χ0v) is 21.4. The van der Waals surface area contributed by atoms with Gasteiger partial charge in [0.1, 0.15) is 17.7 Å². The quantitative estimate of drug-likeness (QED) is 0.467. The number of halogens is 1. The topological polar surface area (TPSA) is 92.1 Å². The van der Waals surface area contributed by atoms with E-state index < -0.39 is 5.82 Å². The van der Waals surface area contributed by atoms with Crippen molar-refractivity contribution in [2.24, 2.45) is 11.7 Å². The number of benzene rings is 2. The molecule has 1 aliphatic carbocycles. The number of aromatic nitrogens is 2. The van der Waals surface area contributed by atoms with Gasteiger partial charge in [0, 0.05) is 50.1 Å². The van der Waals surface area contributed by atoms with Gasteiger partial charge in [0.15, 0.2) is 0 Å². The minimum atomic E-state index is -0.540. The largest absolute Gasteiger partial charge is 0.381 e. The number of rotatable bonds is 7. The fourth-order valence-corrected chi connectivity index (χ4v) is 5.53. The summed E-state index contributed by atoms with van der Waals surface area (Å²) in [5.74, 6) is 0.828. The highest BCUT2D eigenvalue weighted by atomic mass is 19.1. The number of methoxy groups -OCH3 is 1. The van der Waals surface area contributed by atoms with Crippen LogP contribution in [0.3, 0.4) is 0 Å².